The number of rotatable bonds is 3. The number of amides is 1. The van der Waals surface area contributed by atoms with E-state index in [0.717, 1.165) is 28.2 Å². The van der Waals surface area contributed by atoms with Crippen LogP contribution in [0.15, 0.2) is 24.3 Å². The normalized spacial score (nSPS) is 20.8. The van der Waals surface area contributed by atoms with E-state index in [4.69, 9.17) is 11.6 Å². The molecule has 0 bridgehead atoms. The lowest BCUT2D eigenvalue weighted by atomic mass is 10.1. The molecule has 1 N–H and O–H groups in total. The predicted octanol–water partition coefficient (Wildman–Crippen LogP) is 4.37. The van der Waals surface area contributed by atoms with Gasteiger partial charge in [-0.2, -0.15) is 4.37 Å². The second kappa shape index (κ2) is 5.19. The first-order chi connectivity index (χ1) is 9.56. The average molecular weight is 307 g/mol. The predicted molar refractivity (Wildman–Crippen MR) is 83.2 cm³/mol. The van der Waals surface area contributed by atoms with Gasteiger partial charge in [0.1, 0.15) is 5.00 Å². The highest BCUT2D eigenvalue weighted by molar-refractivity contribution is 7.10. The number of halogens is 1. The lowest BCUT2D eigenvalue weighted by Gasteiger charge is -2.03. The summed E-state index contributed by atoms with van der Waals surface area (Å²) in [4.78, 5) is 12.0. The third kappa shape index (κ3) is 2.58. The Kier molecular flexibility index (Phi) is 3.52. The Balaban J connectivity index is 1.81. The minimum absolute atomic E-state index is 0.118. The molecule has 1 aromatic carbocycles. The first kappa shape index (κ1) is 13.6. The Morgan fingerprint density at radius 2 is 2.05 bits per heavy atom. The zero-order chi connectivity index (χ0) is 14.3. The van der Waals surface area contributed by atoms with Gasteiger partial charge in [-0.25, -0.2) is 0 Å². The summed E-state index contributed by atoms with van der Waals surface area (Å²) in [6.07, 6.45) is 0.994. The summed E-state index contributed by atoms with van der Waals surface area (Å²) in [5, 5.41) is 4.55. The van der Waals surface area contributed by atoms with Crippen LogP contribution in [0, 0.1) is 18.8 Å². The third-order valence-electron chi connectivity index (χ3n) is 3.72. The van der Waals surface area contributed by atoms with Crippen LogP contribution in [-0.4, -0.2) is 10.3 Å². The number of aromatic nitrogens is 1. The Bertz CT molecular complexity index is 650. The van der Waals surface area contributed by atoms with E-state index >= 15 is 0 Å². The van der Waals surface area contributed by atoms with Crippen LogP contribution >= 0.6 is 23.1 Å². The molecule has 2 atom stereocenters. The molecule has 2 unspecified atom stereocenters. The quantitative estimate of drug-likeness (QED) is 0.915. The summed E-state index contributed by atoms with van der Waals surface area (Å²) >= 11 is 7.23. The average Bonchev–Trinajstić information content (AvgIpc) is 3.06. The number of carbonyl (C=O) groups is 1. The molecule has 20 heavy (non-hydrogen) atoms. The summed E-state index contributed by atoms with van der Waals surface area (Å²) < 4.78 is 4.45. The first-order valence-electron chi connectivity index (χ1n) is 6.59. The van der Waals surface area contributed by atoms with E-state index in [1.165, 1.54) is 11.5 Å². The van der Waals surface area contributed by atoms with Gasteiger partial charge in [-0.1, -0.05) is 30.7 Å². The summed E-state index contributed by atoms with van der Waals surface area (Å²) in [6, 6.07) is 7.58. The van der Waals surface area contributed by atoms with E-state index in [9.17, 15) is 4.79 Å². The highest BCUT2D eigenvalue weighted by atomic mass is 35.5. The molecule has 0 radical (unpaired) electrons. The number of carbonyl (C=O) groups excluding carboxylic acids is 1. The minimum atomic E-state index is 0.118. The SMILES string of the molecule is Cc1c(-c2ccc(Cl)cc2)nsc1NC(=O)C1CC1C. The highest BCUT2D eigenvalue weighted by Gasteiger charge is 2.39. The molecule has 1 amide bonds. The topological polar surface area (TPSA) is 42.0 Å². The molecule has 1 aromatic heterocycles. The van der Waals surface area contributed by atoms with Gasteiger partial charge >= 0.3 is 0 Å². The van der Waals surface area contributed by atoms with Gasteiger partial charge in [0.2, 0.25) is 5.91 Å². The number of anilines is 1. The van der Waals surface area contributed by atoms with Crippen LogP contribution in [0.3, 0.4) is 0 Å². The lowest BCUT2D eigenvalue weighted by Crippen LogP contribution is -2.14. The molecule has 0 aliphatic heterocycles. The lowest BCUT2D eigenvalue weighted by molar-refractivity contribution is -0.117. The maximum absolute atomic E-state index is 12.0. The van der Waals surface area contributed by atoms with Crippen LogP contribution in [0.2, 0.25) is 5.02 Å². The van der Waals surface area contributed by atoms with Gasteiger partial charge in [0.25, 0.3) is 0 Å². The Labute approximate surface area is 127 Å². The number of benzene rings is 1. The number of nitrogens with one attached hydrogen (secondary N) is 1. The molecule has 1 saturated carbocycles. The summed E-state index contributed by atoms with van der Waals surface area (Å²) in [5.74, 6) is 0.807. The van der Waals surface area contributed by atoms with E-state index in [-0.39, 0.29) is 11.8 Å². The van der Waals surface area contributed by atoms with Gasteiger partial charge in [0.15, 0.2) is 0 Å². The molecular formula is C15H15ClN2OS. The van der Waals surface area contributed by atoms with Crippen LogP contribution in [0.4, 0.5) is 5.00 Å². The van der Waals surface area contributed by atoms with E-state index in [1.807, 2.05) is 31.2 Å². The van der Waals surface area contributed by atoms with E-state index in [1.54, 1.807) is 0 Å². The van der Waals surface area contributed by atoms with Crippen LogP contribution in [-0.2, 0) is 4.79 Å². The molecule has 104 valence electrons. The van der Waals surface area contributed by atoms with Crippen molar-refractivity contribution in [2.24, 2.45) is 11.8 Å². The molecule has 3 rings (SSSR count). The van der Waals surface area contributed by atoms with Gasteiger partial charge in [0, 0.05) is 22.1 Å². The highest BCUT2D eigenvalue weighted by Crippen LogP contribution is 2.39. The van der Waals surface area contributed by atoms with Crippen molar-refractivity contribution in [3.63, 3.8) is 0 Å². The molecule has 1 heterocycles. The molecule has 1 aliphatic carbocycles. The number of hydrogen-bond acceptors (Lipinski definition) is 3. The van der Waals surface area contributed by atoms with Crippen molar-refractivity contribution in [3.05, 3.63) is 34.9 Å². The van der Waals surface area contributed by atoms with Crippen LogP contribution in [0.25, 0.3) is 11.3 Å². The number of nitrogens with zero attached hydrogens (tertiary/aromatic N) is 1. The van der Waals surface area contributed by atoms with Gasteiger partial charge in [-0.15, -0.1) is 0 Å². The summed E-state index contributed by atoms with van der Waals surface area (Å²) in [5.41, 5.74) is 2.94. The van der Waals surface area contributed by atoms with E-state index < -0.39 is 0 Å². The maximum Gasteiger partial charge on any atom is 0.228 e. The fourth-order valence-electron chi connectivity index (χ4n) is 2.22. The van der Waals surface area contributed by atoms with Crippen LogP contribution in [0.5, 0.6) is 0 Å². The molecule has 1 fully saturated rings. The fraction of sp³-hybridized carbons (Fsp3) is 0.333. The largest absolute Gasteiger partial charge is 0.316 e. The Morgan fingerprint density at radius 3 is 2.65 bits per heavy atom. The first-order valence-corrected chi connectivity index (χ1v) is 7.74. The van der Waals surface area contributed by atoms with Crippen LogP contribution in [0.1, 0.15) is 18.9 Å². The Morgan fingerprint density at radius 1 is 1.40 bits per heavy atom. The molecule has 0 saturated heterocycles. The van der Waals surface area contributed by atoms with Crippen molar-refractivity contribution < 1.29 is 4.79 Å². The van der Waals surface area contributed by atoms with E-state index in [2.05, 4.69) is 16.6 Å². The Hall–Kier alpha value is -1.39. The van der Waals surface area contributed by atoms with Gasteiger partial charge < -0.3 is 5.32 Å². The standard InChI is InChI=1S/C15H15ClN2OS/c1-8-7-12(8)14(19)17-15-9(2)13(18-20-15)10-3-5-11(16)6-4-10/h3-6,8,12H,7H2,1-2H3,(H,17,19). The monoisotopic (exact) mass is 306 g/mol. The molecule has 1 aliphatic rings. The zero-order valence-electron chi connectivity index (χ0n) is 11.3. The van der Waals surface area contributed by atoms with Crippen molar-refractivity contribution in [2.75, 3.05) is 5.32 Å². The van der Waals surface area contributed by atoms with Gasteiger partial charge in [0.05, 0.1) is 5.69 Å². The van der Waals surface area contributed by atoms with Gasteiger partial charge in [-0.05, 0) is 42.9 Å². The number of hydrogen-bond donors (Lipinski definition) is 1. The molecule has 3 nitrogen and oxygen atoms in total. The molecule has 2 aromatic rings. The van der Waals surface area contributed by atoms with Crippen molar-refractivity contribution in [1.82, 2.24) is 4.37 Å². The van der Waals surface area contributed by atoms with Crippen LogP contribution < -0.4 is 5.32 Å². The fourth-order valence-corrected chi connectivity index (χ4v) is 3.15. The second-order valence-corrected chi connectivity index (χ2v) is 6.51. The van der Waals surface area contributed by atoms with Gasteiger partial charge in [-0.3, -0.25) is 4.79 Å². The van der Waals surface area contributed by atoms with Crippen molar-refractivity contribution in [3.8, 4) is 11.3 Å². The van der Waals surface area contributed by atoms with Crippen molar-refractivity contribution in [1.29, 1.82) is 0 Å². The minimum Gasteiger partial charge on any atom is -0.316 e. The van der Waals surface area contributed by atoms with Crippen molar-refractivity contribution in [2.45, 2.75) is 20.3 Å². The molecule has 0 spiro atoms. The second-order valence-electron chi connectivity index (χ2n) is 5.30. The smallest absolute Gasteiger partial charge is 0.228 e. The third-order valence-corrected chi connectivity index (χ3v) is 4.84. The van der Waals surface area contributed by atoms with E-state index in [0.29, 0.717) is 10.9 Å². The molecule has 5 heteroatoms. The maximum atomic E-state index is 12.0. The molecular weight excluding hydrogens is 292 g/mol. The summed E-state index contributed by atoms with van der Waals surface area (Å²) in [6.45, 7) is 4.09. The summed E-state index contributed by atoms with van der Waals surface area (Å²) in [7, 11) is 0. The van der Waals surface area contributed by atoms with Crippen molar-refractivity contribution >= 4 is 34.0 Å². The zero-order valence-corrected chi connectivity index (χ0v) is 12.9.